The average molecular weight is 1050 g/mol. The number of carbonyl (C=O) groups is 1. The maximum Gasteiger partial charge on any atom is 0.268 e. The van der Waals surface area contributed by atoms with Gasteiger partial charge in [0.05, 0.1) is 39.9 Å². The highest BCUT2D eigenvalue weighted by Crippen LogP contribution is 2.38. The molecule has 74 heavy (non-hydrogen) atoms. The Morgan fingerprint density at radius 2 is 0.838 bits per heavy atom. The summed E-state index contributed by atoms with van der Waals surface area (Å²) in [5.74, 6) is -0.215. The summed E-state index contributed by atoms with van der Waals surface area (Å²) < 4.78 is 23.3. The number of hydrogen-bond acceptors (Lipinski definition) is 6. The number of likely N-dealkylation sites (N-methyl/N-ethyl adjacent to an activating group) is 1. The smallest absolute Gasteiger partial charge is 0.268 e. The number of carbonyl (C=O) groups excluding carboxylic acids is 1. The van der Waals surface area contributed by atoms with E-state index in [-0.39, 0.29) is 12.5 Å². The van der Waals surface area contributed by atoms with Gasteiger partial charge in [-0.15, -0.1) is 0 Å². The van der Waals surface area contributed by atoms with Crippen LogP contribution in [0.4, 0.5) is 0 Å². The first kappa shape index (κ1) is 70.9. The molecule has 0 aromatic heterocycles. The first-order chi connectivity index (χ1) is 36.0. The van der Waals surface area contributed by atoms with Crippen LogP contribution in [-0.2, 0) is 18.4 Å². The number of aliphatic hydroxyl groups excluding tert-OH is 1. The largest absolute Gasteiger partial charge is 0.756 e. The number of rotatable bonds is 53. The topological polar surface area (TPSA) is 108 Å². The molecule has 2 N–H and O–H groups in total. The molecular formula is C65H113N2O6P. The predicted molar refractivity (Wildman–Crippen MR) is 320 cm³/mol. The highest BCUT2D eigenvalue weighted by atomic mass is 31.2. The van der Waals surface area contributed by atoms with Gasteiger partial charge in [-0.25, -0.2) is 0 Å². The number of phosphoric ester groups is 1. The molecule has 0 fully saturated rings. The Balaban J connectivity index is 4.01. The minimum absolute atomic E-state index is 0.0130. The van der Waals surface area contributed by atoms with Crippen LogP contribution in [0, 0.1) is 0 Å². The van der Waals surface area contributed by atoms with Crippen LogP contribution in [-0.4, -0.2) is 68.5 Å². The molecule has 9 heteroatoms. The molecule has 0 aliphatic rings. The van der Waals surface area contributed by atoms with Crippen molar-refractivity contribution < 1.29 is 32.9 Å². The Morgan fingerprint density at radius 3 is 1.26 bits per heavy atom. The van der Waals surface area contributed by atoms with Crippen molar-refractivity contribution in [3.63, 3.8) is 0 Å². The molecule has 1 amide bonds. The molecule has 0 bridgehead atoms. The molecule has 0 spiro atoms. The van der Waals surface area contributed by atoms with Crippen LogP contribution in [0.3, 0.4) is 0 Å². The van der Waals surface area contributed by atoms with E-state index in [0.717, 1.165) is 96.3 Å². The quantitative estimate of drug-likeness (QED) is 0.0272. The van der Waals surface area contributed by atoms with E-state index in [4.69, 9.17) is 9.05 Å². The molecule has 0 heterocycles. The Hall–Kier alpha value is -3.10. The molecule has 3 atom stereocenters. The van der Waals surface area contributed by atoms with Gasteiger partial charge in [-0.3, -0.25) is 9.36 Å². The second-order valence-electron chi connectivity index (χ2n) is 20.9. The third-order valence-electron chi connectivity index (χ3n) is 12.6. The van der Waals surface area contributed by atoms with Crippen LogP contribution < -0.4 is 10.2 Å². The van der Waals surface area contributed by atoms with Crippen molar-refractivity contribution >= 4 is 13.7 Å². The molecule has 8 nitrogen and oxygen atoms in total. The van der Waals surface area contributed by atoms with E-state index in [2.05, 4.69) is 129 Å². The maximum atomic E-state index is 12.9. The van der Waals surface area contributed by atoms with Gasteiger partial charge >= 0.3 is 0 Å². The number of nitrogens with zero attached hydrogens (tertiary/aromatic N) is 1. The zero-order valence-corrected chi connectivity index (χ0v) is 49.1. The van der Waals surface area contributed by atoms with Gasteiger partial charge in [-0.2, -0.15) is 0 Å². The molecule has 0 aromatic rings. The van der Waals surface area contributed by atoms with Crippen LogP contribution >= 0.6 is 7.82 Å². The first-order valence-corrected chi connectivity index (χ1v) is 31.4. The number of hydrogen-bond donors (Lipinski definition) is 2. The van der Waals surface area contributed by atoms with Gasteiger partial charge in [0.2, 0.25) is 5.91 Å². The Morgan fingerprint density at radius 1 is 0.486 bits per heavy atom. The molecule has 0 aliphatic heterocycles. The summed E-state index contributed by atoms with van der Waals surface area (Å²) in [6, 6.07) is -0.914. The van der Waals surface area contributed by atoms with Crippen molar-refractivity contribution in [3.05, 3.63) is 122 Å². The molecule has 0 aliphatic carbocycles. The zero-order valence-electron chi connectivity index (χ0n) is 48.2. The average Bonchev–Trinajstić information content (AvgIpc) is 3.36. The minimum atomic E-state index is -4.61. The second-order valence-corrected chi connectivity index (χ2v) is 22.4. The lowest BCUT2D eigenvalue weighted by Crippen LogP contribution is -2.45. The molecule has 0 saturated carbocycles. The second kappa shape index (κ2) is 54.7. The van der Waals surface area contributed by atoms with E-state index >= 15 is 0 Å². The normalized spacial score (nSPS) is 14.7. The maximum absolute atomic E-state index is 12.9. The summed E-state index contributed by atoms with van der Waals surface area (Å²) in [5, 5.41) is 13.8. The van der Waals surface area contributed by atoms with Gasteiger partial charge in [0.1, 0.15) is 13.2 Å². The van der Waals surface area contributed by atoms with Crippen LogP contribution in [0.5, 0.6) is 0 Å². The molecule has 0 aromatic carbocycles. The van der Waals surface area contributed by atoms with Gasteiger partial charge in [0.25, 0.3) is 7.82 Å². The summed E-state index contributed by atoms with van der Waals surface area (Å²) in [6.45, 7) is 4.46. The fourth-order valence-electron chi connectivity index (χ4n) is 7.99. The monoisotopic (exact) mass is 1050 g/mol. The fraction of sp³-hybridized carbons (Fsp3) is 0.677. The van der Waals surface area contributed by atoms with Crippen molar-refractivity contribution in [1.29, 1.82) is 0 Å². The summed E-state index contributed by atoms with van der Waals surface area (Å²) in [4.78, 5) is 25.4. The van der Waals surface area contributed by atoms with Crippen molar-refractivity contribution in [3.8, 4) is 0 Å². The number of nitrogens with one attached hydrogen (secondary N) is 1. The van der Waals surface area contributed by atoms with E-state index in [1.54, 1.807) is 6.08 Å². The molecule has 0 saturated heterocycles. The molecule has 0 rings (SSSR count). The van der Waals surface area contributed by atoms with Crippen molar-refractivity contribution in [2.45, 2.75) is 244 Å². The lowest BCUT2D eigenvalue weighted by atomic mass is 10.0. The Kier molecular flexibility index (Phi) is 52.4. The third kappa shape index (κ3) is 56.6. The first-order valence-electron chi connectivity index (χ1n) is 29.9. The molecule has 0 radical (unpaired) electrons. The fourth-order valence-corrected chi connectivity index (χ4v) is 8.71. The van der Waals surface area contributed by atoms with Crippen molar-refractivity contribution in [2.24, 2.45) is 0 Å². The molecule has 424 valence electrons. The van der Waals surface area contributed by atoms with Gasteiger partial charge in [0, 0.05) is 6.42 Å². The SMILES string of the molecule is CC/C=C\C/C=C\C/C=C\C/C=C\C/C=C\C/C=C\C/C=C\CCCCCCCCCCCCCCCCCCCC(=O)NC(COP(=O)([O-])OCC[N+](C)(C)C)C(O)/C=C/CC/C=C/CC/C=C/CCCCC. The van der Waals surface area contributed by atoms with E-state index in [1.807, 2.05) is 27.2 Å². The number of quaternary nitrogens is 1. The highest BCUT2D eigenvalue weighted by Gasteiger charge is 2.23. The zero-order chi connectivity index (χ0) is 54.2. The van der Waals surface area contributed by atoms with Crippen molar-refractivity contribution in [1.82, 2.24) is 5.32 Å². The number of aliphatic hydroxyl groups is 1. The highest BCUT2D eigenvalue weighted by molar-refractivity contribution is 7.45. The third-order valence-corrected chi connectivity index (χ3v) is 13.6. The number of allylic oxidation sites excluding steroid dienone is 19. The summed E-state index contributed by atoms with van der Waals surface area (Å²) >= 11 is 0. The number of amides is 1. The lowest BCUT2D eigenvalue weighted by Gasteiger charge is -2.29. The van der Waals surface area contributed by atoms with Crippen LogP contribution in [0.2, 0.25) is 0 Å². The van der Waals surface area contributed by atoms with Gasteiger partial charge in [-0.1, -0.05) is 245 Å². The van der Waals surface area contributed by atoms with Crippen molar-refractivity contribution in [2.75, 3.05) is 40.9 Å². The summed E-state index contributed by atoms with van der Waals surface area (Å²) in [5.41, 5.74) is 0. The Bertz CT molecular complexity index is 1620. The predicted octanol–water partition coefficient (Wildman–Crippen LogP) is 17.9. The molecular weight excluding hydrogens is 936 g/mol. The number of phosphoric acid groups is 1. The van der Waals surface area contributed by atoms with E-state index in [1.165, 1.54) is 116 Å². The molecule has 3 unspecified atom stereocenters. The van der Waals surface area contributed by atoms with E-state index in [9.17, 15) is 19.4 Å². The van der Waals surface area contributed by atoms with Gasteiger partial charge in [-0.05, 0) is 103 Å². The van der Waals surface area contributed by atoms with E-state index < -0.39 is 26.6 Å². The standard InChI is InChI=1S/C65H113N2O6P/c1-6-8-10-12-14-16-18-20-21-22-23-24-25-26-27-28-29-30-31-32-33-34-35-36-37-38-39-40-41-42-43-44-45-47-49-51-53-55-57-59-65(69)66-63(62-73-74(70,71)72-61-60-67(3,4)5)64(68)58-56-54-52-50-48-46-19-17-15-13-11-9-7-2/h8,10,14-17,20-21,23-24,26-27,29-30,32-33,48,50,56,58,63-64,68H,6-7,9,11-13,18-19,22,25,28,31,34-47,49,51-55,57,59-62H2,1-5H3,(H-,66,69,70,71)/b10-8-,16-14-,17-15+,21-20-,24-23-,27-26-,30-29-,33-32-,50-48+,58-56+. The van der Waals surface area contributed by atoms with Gasteiger partial charge in [0.15, 0.2) is 0 Å². The van der Waals surface area contributed by atoms with E-state index in [0.29, 0.717) is 17.4 Å². The van der Waals surface area contributed by atoms with Gasteiger partial charge < -0.3 is 28.8 Å². The lowest BCUT2D eigenvalue weighted by molar-refractivity contribution is -0.870. The Labute approximate surface area is 456 Å². The summed E-state index contributed by atoms with van der Waals surface area (Å²) in [6.07, 6.45) is 81.6. The van der Waals surface area contributed by atoms with Crippen LogP contribution in [0.15, 0.2) is 122 Å². The van der Waals surface area contributed by atoms with Crippen LogP contribution in [0.1, 0.15) is 232 Å². The minimum Gasteiger partial charge on any atom is -0.756 e. The number of unbranched alkanes of at least 4 members (excludes halogenated alkanes) is 22. The van der Waals surface area contributed by atoms with Crippen LogP contribution in [0.25, 0.3) is 0 Å². The summed E-state index contributed by atoms with van der Waals surface area (Å²) in [7, 11) is 1.22.